The van der Waals surface area contributed by atoms with Gasteiger partial charge in [0.2, 0.25) is 0 Å². The van der Waals surface area contributed by atoms with Gasteiger partial charge in [0.05, 0.1) is 6.54 Å². The van der Waals surface area contributed by atoms with E-state index >= 15 is 0 Å². The number of rotatable bonds is 10. The molecule has 0 radical (unpaired) electrons. The molecule has 1 heterocycles. The molecule has 6 rings (SSSR count). The fourth-order valence-electron chi connectivity index (χ4n) is 6.12. The number of fused-ring (bicyclic) bond motifs is 1. The number of hydrogen-bond acceptors (Lipinski definition) is 2. The minimum Gasteiger partial charge on any atom is -0.264 e. The third kappa shape index (κ3) is 7.15. The quantitative estimate of drug-likeness (QED) is 0.108. The molecule has 0 aliphatic heterocycles. The first-order valence-corrected chi connectivity index (χ1v) is 16.5. The van der Waals surface area contributed by atoms with Crippen LogP contribution in [0.3, 0.4) is 0 Å². The maximum Gasteiger partial charge on any atom is 0.161 e. The Labute approximate surface area is 294 Å². The highest BCUT2D eigenvalue weighted by atomic mass is 15.0. The van der Waals surface area contributed by atoms with Crippen LogP contribution in [0.25, 0.3) is 57.3 Å². The molecule has 50 heavy (non-hydrogen) atoms. The summed E-state index contributed by atoms with van der Waals surface area (Å²) in [5.41, 5.74) is 10.8. The van der Waals surface area contributed by atoms with Crippen molar-refractivity contribution >= 4 is 53.5 Å². The molecule has 242 valence electrons. The van der Waals surface area contributed by atoms with E-state index in [1.54, 1.807) is 0 Å². The first kappa shape index (κ1) is 33.4. The second-order valence-electron chi connectivity index (χ2n) is 11.7. The lowest BCUT2D eigenvalue weighted by molar-refractivity contribution is 1.06. The fourth-order valence-corrected chi connectivity index (χ4v) is 6.12. The number of benzene rings is 5. The molecule has 0 fully saturated rings. The van der Waals surface area contributed by atoms with Crippen molar-refractivity contribution in [2.24, 2.45) is 15.0 Å². The predicted molar refractivity (Wildman–Crippen MR) is 217 cm³/mol. The van der Waals surface area contributed by atoms with Crippen molar-refractivity contribution in [1.82, 2.24) is 4.98 Å². The Hall–Kier alpha value is -6.52. The summed E-state index contributed by atoms with van der Waals surface area (Å²) >= 11 is 0. The average molecular weight is 647 g/mol. The van der Waals surface area contributed by atoms with Gasteiger partial charge in [0.15, 0.2) is 11.7 Å². The molecular weight excluding hydrogens is 609 g/mol. The highest BCUT2D eigenvalue weighted by Crippen LogP contribution is 2.37. The van der Waals surface area contributed by atoms with Gasteiger partial charge in [0.25, 0.3) is 0 Å². The van der Waals surface area contributed by atoms with E-state index in [0.29, 0.717) is 18.2 Å². The van der Waals surface area contributed by atoms with Crippen molar-refractivity contribution in [3.63, 3.8) is 0 Å². The van der Waals surface area contributed by atoms with Gasteiger partial charge in [-0.3, -0.25) is 9.98 Å². The number of nitrogens with zero attached hydrogens (tertiary/aromatic N) is 4. The van der Waals surface area contributed by atoms with E-state index in [9.17, 15) is 0 Å². The van der Waals surface area contributed by atoms with E-state index in [1.165, 1.54) is 0 Å². The van der Waals surface area contributed by atoms with Gasteiger partial charge in [-0.1, -0.05) is 123 Å². The maximum absolute atomic E-state index is 5.09. The predicted octanol–water partition coefficient (Wildman–Crippen LogP) is 11.6. The van der Waals surface area contributed by atoms with Crippen molar-refractivity contribution in [2.75, 3.05) is 0 Å². The van der Waals surface area contributed by atoms with Crippen molar-refractivity contribution in [2.45, 2.75) is 13.5 Å². The van der Waals surface area contributed by atoms with Crippen LogP contribution in [-0.4, -0.2) is 23.4 Å². The summed E-state index contributed by atoms with van der Waals surface area (Å²) in [4.78, 5) is 18.9. The van der Waals surface area contributed by atoms with Crippen LogP contribution in [0.15, 0.2) is 162 Å². The Morgan fingerprint density at radius 1 is 0.660 bits per heavy atom. The van der Waals surface area contributed by atoms with Crippen LogP contribution >= 0.6 is 0 Å². The zero-order valence-corrected chi connectivity index (χ0v) is 28.3. The molecule has 0 unspecified atom stereocenters. The van der Waals surface area contributed by atoms with Crippen LogP contribution < -0.4 is 0 Å². The number of amidine groups is 2. The number of pyridine rings is 1. The van der Waals surface area contributed by atoms with Crippen molar-refractivity contribution in [3.8, 4) is 22.3 Å². The standard InChI is InChI=1S/C46H38N4/c1-6-16-43-42(9-4)41(8-3)33(7-2)29-44(43)38-26-37(36-22-21-34-23-24-48-31-40(34)25-36)27-39(28-38)45(47-5)50-46(35-19-14-11-15-20-35)49-30-32-17-12-10-13-18-32/h6-29,31H,2-5,30H2,1H3/b16-6-,49-46?,50-45?. The molecule has 0 N–H and O–H groups in total. The van der Waals surface area contributed by atoms with Gasteiger partial charge in [-0.25, -0.2) is 9.98 Å². The van der Waals surface area contributed by atoms with Crippen LogP contribution in [0.4, 0.5) is 0 Å². The van der Waals surface area contributed by atoms with Gasteiger partial charge in [-0.15, -0.1) is 0 Å². The molecule has 0 saturated heterocycles. The minimum absolute atomic E-state index is 0.467. The molecular formula is C46H38N4. The molecule has 0 amide bonds. The highest BCUT2D eigenvalue weighted by molar-refractivity contribution is 6.13. The number of allylic oxidation sites excluding steroid dienone is 1. The molecule has 6 aromatic rings. The zero-order valence-electron chi connectivity index (χ0n) is 28.3. The van der Waals surface area contributed by atoms with Crippen molar-refractivity contribution in [1.29, 1.82) is 0 Å². The van der Waals surface area contributed by atoms with E-state index in [1.807, 2.05) is 98.2 Å². The Kier molecular flexibility index (Phi) is 10.4. The molecule has 0 saturated carbocycles. The van der Waals surface area contributed by atoms with Crippen LogP contribution in [-0.2, 0) is 6.54 Å². The lowest BCUT2D eigenvalue weighted by atomic mass is 9.86. The van der Waals surface area contributed by atoms with Crippen LogP contribution in [0.2, 0.25) is 0 Å². The third-order valence-corrected chi connectivity index (χ3v) is 8.57. The molecule has 0 aliphatic rings. The summed E-state index contributed by atoms with van der Waals surface area (Å²) in [6, 6.07) is 37.2. The lowest BCUT2D eigenvalue weighted by Gasteiger charge is -2.18. The summed E-state index contributed by atoms with van der Waals surface area (Å²) in [6.07, 6.45) is 13.5. The molecule has 0 atom stereocenters. The van der Waals surface area contributed by atoms with E-state index in [0.717, 1.165) is 72.0 Å². The zero-order chi connectivity index (χ0) is 34.9. The van der Waals surface area contributed by atoms with Gasteiger partial charge >= 0.3 is 0 Å². The van der Waals surface area contributed by atoms with E-state index in [2.05, 4.69) is 97.1 Å². The second-order valence-corrected chi connectivity index (χ2v) is 11.7. The maximum atomic E-state index is 5.09. The third-order valence-electron chi connectivity index (χ3n) is 8.57. The largest absolute Gasteiger partial charge is 0.264 e. The SMILES string of the molecule is C=Cc1cc(-c2cc(C(N=C)=NC(=NCc3ccccc3)c3ccccc3)cc(-c3ccc4ccncc4c3)c2)c(/C=C\C)c(C=C)c1C=C. The molecule has 4 heteroatoms. The second kappa shape index (κ2) is 15.6. The highest BCUT2D eigenvalue weighted by Gasteiger charge is 2.17. The molecule has 0 bridgehead atoms. The normalized spacial score (nSPS) is 11.9. The molecule has 0 aliphatic carbocycles. The Balaban J connectivity index is 1.61. The topological polar surface area (TPSA) is 50.0 Å². The number of aromatic nitrogens is 1. The summed E-state index contributed by atoms with van der Waals surface area (Å²) < 4.78 is 0. The smallest absolute Gasteiger partial charge is 0.161 e. The molecule has 5 aromatic carbocycles. The van der Waals surface area contributed by atoms with Gasteiger partial charge in [0, 0.05) is 28.9 Å². The first-order chi connectivity index (χ1) is 24.6. The summed E-state index contributed by atoms with van der Waals surface area (Å²) in [7, 11) is 0. The Bertz CT molecular complexity index is 2310. The van der Waals surface area contributed by atoms with Gasteiger partial charge in [-0.2, -0.15) is 0 Å². The summed E-state index contributed by atoms with van der Waals surface area (Å²) in [5.74, 6) is 1.04. The first-order valence-electron chi connectivity index (χ1n) is 16.5. The van der Waals surface area contributed by atoms with Crippen LogP contribution in [0.1, 0.15) is 45.9 Å². The summed E-state index contributed by atoms with van der Waals surface area (Å²) in [5, 5.41) is 2.18. The number of hydrogen-bond donors (Lipinski definition) is 0. The van der Waals surface area contributed by atoms with E-state index in [4.69, 9.17) is 9.98 Å². The average Bonchev–Trinajstić information content (AvgIpc) is 3.18. The van der Waals surface area contributed by atoms with Crippen molar-refractivity contribution in [3.05, 3.63) is 186 Å². The Morgan fingerprint density at radius 3 is 2.10 bits per heavy atom. The lowest BCUT2D eigenvalue weighted by Crippen LogP contribution is -2.06. The fraction of sp³-hybridized carbons (Fsp3) is 0.0435. The van der Waals surface area contributed by atoms with Crippen molar-refractivity contribution < 1.29 is 0 Å². The van der Waals surface area contributed by atoms with Gasteiger partial charge < -0.3 is 0 Å². The van der Waals surface area contributed by atoms with Crippen LogP contribution in [0.5, 0.6) is 0 Å². The monoisotopic (exact) mass is 646 g/mol. The van der Waals surface area contributed by atoms with Gasteiger partial charge in [0.1, 0.15) is 0 Å². The van der Waals surface area contributed by atoms with E-state index in [-0.39, 0.29) is 0 Å². The molecule has 1 aromatic heterocycles. The Morgan fingerprint density at radius 2 is 1.40 bits per heavy atom. The van der Waals surface area contributed by atoms with E-state index < -0.39 is 0 Å². The molecule has 4 nitrogen and oxygen atoms in total. The van der Waals surface area contributed by atoms with Gasteiger partial charge in [-0.05, 0) is 105 Å². The minimum atomic E-state index is 0.467. The van der Waals surface area contributed by atoms with Crippen LogP contribution in [0, 0.1) is 0 Å². The molecule has 0 spiro atoms. The summed E-state index contributed by atoms with van der Waals surface area (Å²) in [6.45, 7) is 18.9. The number of aliphatic imine (C=N–C) groups is 3.